The second kappa shape index (κ2) is 8.54. The zero-order valence-electron chi connectivity index (χ0n) is 18.5. The minimum atomic E-state index is -0.569. The zero-order valence-corrected chi connectivity index (χ0v) is 20.3. The Balaban J connectivity index is 2.22. The predicted octanol–water partition coefficient (Wildman–Crippen LogP) is 8.35. The van der Waals surface area contributed by atoms with Gasteiger partial charge in [-0.25, -0.2) is 0 Å². The van der Waals surface area contributed by atoms with Gasteiger partial charge in [-0.2, -0.15) is 0 Å². The molecular weight excluding hydrogens is 406 g/mol. The van der Waals surface area contributed by atoms with Crippen molar-refractivity contribution in [1.29, 1.82) is 0 Å². The summed E-state index contributed by atoms with van der Waals surface area (Å²) in [6.07, 6.45) is 0. The molecule has 4 rings (SSSR count). The van der Waals surface area contributed by atoms with Gasteiger partial charge in [0, 0.05) is 11.1 Å². The molecule has 2 nitrogen and oxygen atoms in total. The first kappa shape index (κ1) is 21.1. The van der Waals surface area contributed by atoms with Crippen LogP contribution in [0.5, 0.6) is 11.5 Å². The van der Waals surface area contributed by atoms with E-state index < -0.39 is 16.3 Å². The summed E-state index contributed by atoms with van der Waals surface area (Å²) in [7, 11) is -1.14. The first-order valence-corrected chi connectivity index (χ1v) is 14.4. The first-order chi connectivity index (χ1) is 14.4. The van der Waals surface area contributed by atoms with Gasteiger partial charge in [-0.15, -0.1) is 0 Å². The lowest BCUT2D eigenvalue weighted by Gasteiger charge is -2.24. The minimum absolute atomic E-state index is 0.569. The van der Waals surface area contributed by atoms with Crippen molar-refractivity contribution in [2.45, 2.75) is 13.8 Å². The second-order valence-corrected chi connectivity index (χ2v) is 11.7. The highest BCUT2D eigenvalue weighted by molar-refractivity contribution is 7.51. The Morgan fingerprint density at radius 3 is 1.30 bits per heavy atom. The van der Waals surface area contributed by atoms with Gasteiger partial charge in [-0.05, 0) is 85.3 Å². The molecule has 0 aliphatic rings. The molecule has 0 unspecified atom stereocenters. The minimum Gasteiger partial charge on any atom is -0.474 e. The molecule has 0 radical (unpaired) electrons. The van der Waals surface area contributed by atoms with E-state index in [2.05, 4.69) is 101 Å². The maximum atomic E-state index is 6.50. The van der Waals surface area contributed by atoms with Gasteiger partial charge in [0.1, 0.15) is 11.5 Å². The Labute approximate surface area is 181 Å². The third-order valence-corrected chi connectivity index (χ3v) is 6.27. The molecule has 0 aromatic heterocycles. The molecule has 0 fully saturated rings. The molecule has 4 aromatic carbocycles. The number of rotatable bonds is 5. The summed E-state index contributed by atoms with van der Waals surface area (Å²) < 4.78 is 13.0. The summed E-state index contributed by atoms with van der Waals surface area (Å²) in [5, 5.41) is 4.85. The lowest BCUT2D eigenvalue weighted by molar-refractivity contribution is 0.611. The van der Waals surface area contributed by atoms with Gasteiger partial charge >= 0.3 is 0 Å². The summed E-state index contributed by atoms with van der Waals surface area (Å²) in [4.78, 5) is 0. The standard InChI is InChI=1S/C26H28O2P2/c1-17-15-19-11-7-9-13-21(19)23(25(17)27-29(3)4)24-22-14-10-8-12-20(22)16-18(2)26(24)28-30(5)6/h7-16H,1-6H3. The van der Waals surface area contributed by atoms with E-state index in [1.165, 1.54) is 21.5 Å². The molecule has 0 aliphatic heterocycles. The van der Waals surface area contributed by atoms with Crippen molar-refractivity contribution in [1.82, 2.24) is 0 Å². The van der Waals surface area contributed by atoms with Gasteiger partial charge < -0.3 is 9.05 Å². The lowest BCUT2D eigenvalue weighted by atomic mass is 9.89. The summed E-state index contributed by atoms with van der Waals surface area (Å²) >= 11 is 0. The number of hydrogen-bond donors (Lipinski definition) is 0. The topological polar surface area (TPSA) is 18.5 Å². The molecule has 0 atom stereocenters. The smallest absolute Gasteiger partial charge is 0.134 e. The molecular formula is C26H28O2P2. The van der Waals surface area contributed by atoms with E-state index in [1.807, 2.05) is 0 Å². The van der Waals surface area contributed by atoms with E-state index >= 15 is 0 Å². The van der Waals surface area contributed by atoms with Gasteiger partial charge in [0.15, 0.2) is 0 Å². The van der Waals surface area contributed by atoms with Crippen LogP contribution < -0.4 is 9.05 Å². The Morgan fingerprint density at radius 1 is 0.567 bits per heavy atom. The van der Waals surface area contributed by atoms with E-state index in [9.17, 15) is 0 Å². The maximum absolute atomic E-state index is 6.50. The van der Waals surface area contributed by atoms with Crippen LogP contribution in [-0.2, 0) is 0 Å². The third kappa shape index (κ3) is 3.92. The van der Waals surface area contributed by atoms with Gasteiger partial charge in [0.25, 0.3) is 0 Å². The predicted molar refractivity (Wildman–Crippen MR) is 135 cm³/mol. The van der Waals surface area contributed by atoms with Crippen LogP contribution in [0.2, 0.25) is 0 Å². The van der Waals surface area contributed by atoms with Crippen molar-refractivity contribution in [3.8, 4) is 22.6 Å². The second-order valence-electron chi connectivity index (χ2n) is 8.04. The summed E-state index contributed by atoms with van der Waals surface area (Å²) in [5.74, 6) is 1.95. The average molecular weight is 434 g/mol. The largest absolute Gasteiger partial charge is 0.474 e. The SMILES string of the molecule is Cc1cc2ccccc2c(-c2c(OP(C)C)c(C)cc3ccccc23)c1OP(C)C. The zero-order chi connectivity index (χ0) is 21.4. The maximum Gasteiger partial charge on any atom is 0.134 e. The van der Waals surface area contributed by atoms with Gasteiger partial charge in [0.05, 0.1) is 16.3 Å². The van der Waals surface area contributed by atoms with E-state index in [-0.39, 0.29) is 0 Å². The van der Waals surface area contributed by atoms with Crippen LogP contribution in [0.3, 0.4) is 0 Å². The Kier molecular flexibility index (Phi) is 6.01. The molecule has 0 spiro atoms. The number of hydrogen-bond acceptors (Lipinski definition) is 2. The highest BCUT2D eigenvalue weighted by Gasteiger charge is 2.23. The molecule has 4 heteroatoms. The molecule has 0 N–H and O–H groups in total. The van der Waals surface area contributed by atoms with Crippen LogP contribution in [0, 0.1) is 13.8 Å². The molecule has 0 amide bonds. The molecule has 0 aliphatic carbocycles. The summed E-state index contributed by atoms with van der Waals surface area (Å²) in [6, 6.07) is 21.6. The van der Waals surface area contributed by atoms with Crippen molar-refractivity contribution in [2.75, 3.05) is 26.7 Å². The Hall–Kier alpha value is -2.14. The molecule has 0 saturated heterocycles. The van der Waals surface area contributed by atoms with Crippen molar-refractivity contribution < 1.29 is 9.05 Å². The van der Waals surface area contributed by atoms with Crippen LogP contribution in [0.15, 0.2) is 60.7 Å². The number of aryl methyl sites for hydroxylation is 2. The molecule has 0 bridgehead atoms. The average Bonchev–Trinajstić information content (AvgIpc) is 2.69. The van der Waals surface area contributed by atoms with Crippen LogP contribution in [-0.4, -0.2) is 26.7 Å². The van der Waals surface area contributed by atoms with Crippen molar-refractivity contribution >= 4 is 37.8 Å². The van der Waals surface area contributed by atoms with Gasteiger partial charge in [-0.3, -0.25) is 0 Å². The van der Waals surface area contributed by atoms with Crippen LogP contribution in [0.25, 0.3) is 32.7 Å². The molecule has 4 aromatic rings. The normalized spacial score (nSPS) is 11.6. The van der Waals surface area contributed by atoms with Crippen LogP contribution >= 0.6 is 16.3 Å². The lowest BCUT2D eigenvalue weighted by Crippen LogP contribution is -1.98. The quantitative estimate of drug-likeness (QED) is 0.294. The van der Waals surface area contributed by atoms with Crippen molar-refractivity contribution in [3.63, 3.8) is 0 Å². The number of benzene rings is 4. The van der Waals surface area contributed by atoms with Crippen molar-refractivity contribution in [3.05, 3.63) is 71.8 Å². The highest BCUT2D eigenvalue weighted by Crippen LogP contribution is 2.52. The third-order valence-electron chi connectivity index (χ3n) is 5.17. The highest BCUT2D eigenvalue weighted by atomic mass is 31.1. The fourth-order valence-electron chi connectivity index (χ4n) is 4.03. The first-order valence-electron chi connectivity index (χ1n) is 10.1. The fourth-order valence-corrected chi connectivity index (χ4v) is 5.24. The molecule has 0 saturated carbocycles. The number of fused-ring (bicyclic) bond motifs is 2. The molecule has 154 valence electrons. The Bertz CT molecular complexity index is 1130. The monoisotopic (exact) mass is 434 g/mol. The van der Waals surface area contributed by atoms with Crippen molar-refractivity contribution in [2.24, 2.45) is 0 Å². The van der Waals surface area contributed by atoms with Crippen LogP contribution in [0.4, 0.5) is 0 Å². The van der Waals surface area contributed by atoms with Crippen LogP contribution in [0.1, 0.15) is 11.1 Å². The van der Waals surface area contributed by atoms with Gasteiger partial charge in [-0.1, -0.05) is 48.5 Å². The van der Waals surface area contributed by atoms with E-state index in [0.717, 1.165) is 33.8 Å². The van der Waals surface area contributed by atoms with Gasteiger partial charge in [0.2, 0.25) is 0 Å². The van der Waals surface area contributed by atoms with E-state index in [1.54, 1.807) is 0 Å². The summed E-state index contributed by atoms with van der Waals surface area (Å²) in [6.45, 7) is 12.9. The Morgan fingerprint density at radius 2 is 0.933 bits per heavy atom. The summed E-state index contributed by atoms with van der Waals surface area (Å²) in [5.41, 5.74) is 4.61. The molecule has 30 heavy (non-hydrogen) atoms. The molecule has 0 heterocycles. The van der Waals surface area contributed by atoms with E-state index in [0.29, 0.717) is 0 Å². The fraction of sp³-hybridized carbons (Fsp3) is 0.231. The van der Waals surface area contributed by atoms with E-state index in [4.69, 9.17) is 9.05 Å².